The smallest absolute Gasteiger partial charge is 0.127 e. The predicted molar refractivity (Wildman–Crippen MR) is 108 cm³/mol. The fraction of sp³-hybridized carbons (Fsp3) is 0.261. The summed E-state index contributed by atoms with van der Waals surface area (Å²) >= 11 is 0. The third-order valence-electron chi connectivity index (χ3n) is 4.63. The molecule has 0 unspecified atom stereocenters. The van der Waals surface area contributed by atoms with Crippen molar-refractivity contribution in [3.63, 3.8) is 0 Å². The van der Waals surface area contributed by atoms with Gasteiger partial charge >= 0.3 is 0 Å². The van der Waals surface area contributed by atoms with E-state index in [1.54, 1.807) is 14.2 Å². The zero-order chi connectivity index (χ0) is 18.9. The highest BCUT2D eigenvalue weighted by Gasteiger charge is 2.15. The summed E-state index contributed by atoms with van der Waals surface area (Å²) in [6, 6.07) is 20.6. The van der Waals surface area contributed by atoms with Crippen molar-refractivity contribution in [1.29, 1.82) is 0 Å². The van der Waals surface area contributed by atoms with Gasteiger partial charge in [-0.05, 0) is 41.8 Å². The van der Waals surface area contributed by atoms with E-state index in [1.807, 2.05) is 30.6 Å². The van der Waals surface area contributed by atoms with Crippen LogP contribution in [0.1, 0.15) is 16.7 Å². The summed E-state index contributed by atoms with van der Waals surface area (Å²) in [7, 11) is 3.41. The molecule has 1 heterocycles. The molecule has 4 heteroatoms. The number of methoxy groups -OCH3 is 2. The zero-order valence-corrected chi connectivity index (χ0v) is 16.0. The monoisotopic (exact) mass is 362 g/mol. The third-order valence-corrected chi connectivity index (χ3v) is 4.63. The maximum Gasteiger partial charge on any atom is 0.127 e. The fourth-order valence-corrected chi connectivity index (χ4v) is 3.20. The summed E-state index contributed by atoms with van der Waals surface area (Å²) in [5.74, 6) is 1.71. The van der Waals surface area contributed by atoms with E-state index in [2.05, 4.69) is 52.3 Å². The Balaban J connectivity index is 1.81. The first-order valence-corrected chi connectivity index (χ1v) is 9.15. The molecule has 0 spiro atoms. The van der Waals surface area contributed by atoms with Crippen molar-refractivity contribution in [2.75, 3.05) is 20.8 Å². The summed E-state index contributed by atoms with van der Waals surface area (Å²) in [4.78, 5) is 6.55. The molecule has 0 aliphatic rings. The predicted octanol–water partition coefficient (Wildman–Crippen LogP) is 4.34. The van der Waals surface area contributed by atoms with Crippen LogP contribution in [0.2, 0.25) is 0 Å². The molecular weight excluding hydrogens is 336 g/mol. The Morgan fingerprint density at radius 1 is 0.741 bits per heavy atom. The average Bonchev–Trinajstić information content (AvgIpc) is 2.73. The number of benzene rings is 2. The van der Waals surface area contributed by atoms with Crippen molar-refractivity contribution < 1.29 is 9.47 Å². The quantitative estimate of drug-likeness (QED) is 0.567. The normalized spacial score (nSPS) is 10.8. The maximum absolute atomic E-state index is 5.59. The second-order valence-corrected chi connectivity index (χ2v) is 6.44. The molecule has 0 atom stereocenters. The number of hydrogen-bond donors (Lipinski definition) is 0. The lowest BCUT2D eigenvalue weighted by Crippen LogP contribution is -2.26. The minimum absolute atomic E-state index is 0.752. The van der Waals surface area contributed by atoms with E-state index in [9.17, 15) is 0 Å². The van der Waals surface area contributed by atoms with E-state index in [1.165, 1.54) is 11.1 Å². The Hall–Kier alpha value is -2.85. The van der Waals surface area contributed by atoms with Gasteiger partial charge in [-0.25, -0.2) is 0 Å². The number of rotatable bonds is 9. The minimum Gasteiger partial charge on any atom is -0.496 e. The third kappa shape index (κ3) is 5.31. The lowest BCUT2D eigenvalue weighted by Gasteiger charge is -2.24. The number of nitrogens with zero attached hydrogens (tertiary/aromatic N) is 2. The molecule has 140 valence electrons. The Bertz CT molecular complexity index is 800. The van der Waals surface area contributed by atoms with Crippen molar-refractivity contribution >= 4 is 0 Å². The summed E-state index contributed by atoms with van der Waals surface area (Å²) < 4.78 is 11.2. The molecule has 3 rings (SSSR count). The van der Waals surface area contributed by atoms with Crippen LogP contribution in [0, 0.1) is 0 Å². The average molecular weight is 362 g/mol. The SMILES string of the molecule is COc1cccc(OC)c1CN(CCc1ccccc1)Cc1ccncc1. The van der Waals surface area contributed by atoms with Gasteiger partial charge in [-0.1, -0.05) is 36.4 Å². The van der Waals surface area contributed by atoms with E-state index in [0.717, 1.165) is 43.1 Å². The van der Waals surface area contributed by atoms with Gasteiger partial charge in [0.25, 0.3) is 0 Å². The molecule has 27 heavy (non-hydrogen) atoms. The molecule has 4 nitrogen and oxygen atoms in total. The van der Waals surface area contributed by atoms with E-state index in [0.29, 0.717) is 0 Å². The van der Waals surface area contributed by atoms with Crippen LogP contribution in [-0.2, 0) is 19.5 Å². The molecule has 1 aromatic heterocycles. The standard InChI is InChI=1S/C23H26N2O2/c1-26-22-9-6-10-23(27-2)21(22)18-25(17-20-11-14-24-15-12-20)16-13-19-7-4-3-5-8-19/h3-12,14-15H,13,16-18H2,1-2H3. The molecule has 0 radical (unpaired) electrons. The second-order valence-electron chi connectivity index (χ2n) is 6.44. The van der Waals surface area contributed by atoms with Crippen molar-refractivity contribution in [2.24, 2.45) is 0 Å². The van der Waals surface area contributed by atoms with Crippen LogP contribution < -0.4 is 9.47 Å². The van der Waals surface area contributed by atoms with Gasteiger partial charge in [0, 0.05) is 32.0 Å². The first kappa shape index (κ1) is 18.9. The van der Waals surface area contributed by atoms with E-state index >= 15 is 0 Å². The largest absolute Gasteiger partial charge is 0.496 e. The Kier molecular flexibility index (Phi) is 6.83. The van der Waals surface area contributed by atoms with Crippen LogP contribution in [0.15, 0.2) is 73.1 Å². The summed E-state index contributed by atoms with van der Waals surface area (Å²) in [6.07, 6.45) is 4.67. The molecule has 0 saturated heterocycles. The van der Waals surface area contributed by atoms with Crippen molar-refractivity contribution in [3.8, 4) is 11.5 Å². The molecule has 0 aliphatic carbocycles. The van der Waals surface area contributed by atoms with Crippen LogP contribution in [0.5, 0.6) is 11.5 Å². The highest BCUT2D eigenvalue weighted by Crippen LogP contribution is 2.30. The first-order chi connectivity index (χ1) is 13.3. The second kappa shape index (κ2) is 9.74. The van der Waals surface area contributed by atoms with Crippen molar-refractivity contribution in [1.82, 2.24) is 9.88 Å². The zero-order valence-electron chi connectivity index (χ0n) is 16.0. The van der Waals surface area contributed by atoms with E-state index in [-0.39, 0.29) is 0 Å². The van der Waals surface area contributed by atoms with Gasteiger partial charge < -0.3 is 9.47 Å². The van der Waals surface area contributed by atoms with E-state index in [4.69, 9.17) is 9.47 Å². The highest BCUT2D eigenvalue weighted by atomic mass is 16.5. The molecule has 0 N–H and O–H groups in total. The molecule has 2 aromatic carbocycles. The lowest BCUT2D eigenvalue weighted by atomic mass is 10.1. The molecular formula is C23H26N2O2. The van der Waals surface area contributed by atoms with E-state index < -0.39 is 0 Å². The first-order valence-electron chi connectivity index (χ1n) is 9.15. The van der Waals surface area contributed by atoms with Gasteiger partial charge in [-0.2, -0.15) is 0 Å². The van der Waals surface area contributed by atoms with Crippen LogP contribution in [0.25, 0.3) is 0 Å². The maximum atomic E-state index is 5.59. The Labute approximate surface area is 161 Å². The summed E-state index contributed by atoms with van der Waals surface area (Å²) in [5, 5.41) is 0. The van der Waals surface area contributed by atoms with Crippen LogP contribution >= 0.6 is 0 Å². The molecule has 0 amide bonds. The Morgan fingerprint density at radius 2 is 1.41 bits per heavy atom. The lowest BCUT2D eigenvalue weighted by molar-refractivity contribution is 0.250. The van der Waals surface area contributed by atoms with Gasteiger partial charge in [0.15, 0.2) is 0 Å². The molecule has 0 saturated carbocycles. The van der Waals surface area contributed by atoms with Gasteiger partial charge in [-0.3, -0.25) is 9.88 Å². The van der Waals surface area contributed by atoms with Gasteiger partial charge in [0.1, 0.15) is 11.5 Å². The van der Waals surface area contributed by atoms with Crippen LogP contribution in [0.3, 0.4) is 0 Å². The van der Waals surface area contributed by atoms with Gasteiger partial charge in [0.05, 0.1) is 19.8 Å². The highest BCUT2D eigenvalue weighted by molar-refractivity contribution is 5.44. The van der Waals surface area contributed by atoms with Gasteiger partial charge in [0.2, 0.25) is 0 Å². The topological polar surface area (TPSA) is 34.6 Å². The van der Waals surface area contributed by atoms with Crippen molar-refractivity contribution in [2.45, 2.75) is 19.5 Å². The van der Waals surface area contributed by atoms with Crippen molar-refractivity contribution in [3.05, 3.63) is 89.7 Å². The van der Waals surface area contributed by atoms with Crippen LogP contribution in [0.4, 0.5) is 0 Å². The Morgan fingerprint density at radius 3 is 2.04 bits per heavy atom. The number of ether oxygens (including phenoxy) is 2. The van der Waals surface area contributed by atoms with Crippen LogP contribution in [-0.4, -0.2) is 30.6 Å². The summed E-state index contributed by atoms with van der Waals surface area (Å²) in [6.45, 7) is 2.53. The molecule has 0 aliphatic heterocycles. The molecule has 3 aromatic rings. The minimum atomic E-state index is 0.752. The number of pyridine rings is 1. The number of hydrogen-bond acceptors (Lipinski definition) is 4. The summed E-state index contributed by atoms with van der Waals surface area (Å²) in [5.41, 5.74) is 3.65. The number of aromatic nitrogens is 1. The molecule has 0 fully saturated rings. The van der Waals surface area contributed by atoms with Gasteiger partial charge in [-0.15, -0.1) is 0 Å². The fourth-order valence-electron chi connectivity index (χ4n) is 3.20. The molecule has 0 bridgehead atoms.